The number of rotatable bonds is 4. The van der Waals surface area contributed by atoms with Gasteiger partial charge in [-0.1, -0.05) is 17.7 Å². The van der Waals surface area contributed by atoms with Crippen LogP contribution in [0.15, 0.2) is 48.5 Å². The van der Waals surface area contributed by atoms with Gasteiger partial charge in [-0.25, -0.2) is 0 Å². The minimum atomic E-state index is -0.0359. The molecule has 0 aromatic heterocycles. The van der Waals surface area contributed by atoms with Gasteiger partial charge in [0.25, 0.3) is 5.91 Å². The minimum Gasteiger partial charge on any atom is -0.457 e. The third kappa shape index (κ3) is 5.13. The van der Waals surface area contributed by atoms with Crippen LogP contribution in [-0.4, -0.2) is 25.0 Å². The van der Waals surface area contributed by atoms with Crippen LogP contribution in [0.3, 0.4) is 0 Å². The van der Waals surface area contributed by atoms with Gasteiger partial charge in [0.2, 0.25) is 0 Å². The predicted molar refractivity (Wildman–Crippen MR) is 98.6 cm³/mol. The number of hydrogen-bond donors (Lipinski definition) is 2. The van der Waals surface area contributed by atoms with Crippen LogP contribution in [0.1, 0.15) is 23.2 Å². The molecule has 0 atom stereocenters. The van der Waals surface area contributed by atoms with Crippen molar-refractivity contribution < 1.29 is 9.53 Å². The molecule has 2 N–H and O–H groups in total. The molecule has 2 aromatic rings. The number of nitrogens with one attached hydrogen (secondary N) is 2. The smallest absolute Gasteiger partial charge is 0.251 e. The zero-order chi connectivity index (χ0) is 16.1. The first-order chi connectivity index (χ1) is 11.2. The van der Waals surface area contributed by atoms with Crippen LogP contribution in [0.2, 0.25) is 5.02 Å². The van der Waals surface area contributed by atoms with Crippen molar-refractivity contribution in [1.29, 1.82) is 0 Å². The van der Waals surface area contributed by atoms with Crippen LogP contribution in [0, 0.1) is 0 Å². The number of ether oxygens (including phenoxy) is 1. The molecule has 1 aliphatic rings. The molecule has 1 saturated heterocycles. The average molecular weight is 367 g/mol. The van der Waals surface area contributed by atoms with Crippen molar-refractivity contribution in [2.75, 3.05) is 13.1 Å². The Morgan fingerprint density at radius 1 is 1.08 bits per heavy atom. The van der Waals surface area contributed by atoms with E-state index in [0.29, 0.717) is 22.1 Å². The summed E-state index contributed by atoms with van der Waals surface area (Å²) >= 11 is 5.93. The lowest BCUT2D eigenvalue weighted by atomic mass is 10.1. The normalized spacial score (nSPS) is 14.5. The zero-order valence-corrected chi connectivity index (χ0v) is 14.7. The maximum atomic E-state index is 12.2. The summed E-state index contributed by atoms with van der Waals surface area (Å²) in [5, 5.41) is 6.99. The molecule has 1 amide bonds. The molecule has 1 fully saturated rings. The van der Waals surface area contributed by atoms with Crippen LogP contribution in [0.25, 0.3) is 0 Å². The number of halogens is 2. The lowest BCUT2D eigenvalue weighted by molar-refractivity contribution is 0.0929. The lowest BCUT2D eigenvalue weighted by Gasteiger charge is -2.23. The van der Waals surface area contributed by atoms with Crippen LogP contribution < -0.4 is 15.4 Å². The summed E-state index contributed by atoms with van der Waals surface area (Å²) in [7, 11) is 0. The summed E-state index contributed by atoms with van der Waals surface area (Å²) in [6.07, 6.45) is 1.95. The first-order valence-corrected chi connectivity index (χ1v) is 8.13. The molecule has 128 valence electrons. The molecule has 1 heterocycles. The van der Waals surface area contributed by atoms with Gasteiger partial charge in [0.1, 0.15) is 11.5 Å². The van der Waals surface area contributed by atoms with E-state index in [4.69, 9.17) is 16.3 Å². The van der Waals surface area contributed by atoms with Crippen molar-refractivity contribution in [3.63, 3.8) is 0 Å². The monoisotopic (exact) mass is 366 g/mol. The Labute approximate surface area is 153 Å². The Morgan fingerprint density at radius 2 is 1.79 bits per heavy atom. The first-order valence-electron chi connectivity index (χ1n) is 7.76. The van der Waals surface area contributed by atoms with Crippen molar-refractivity contribution >= 4 is 29.9 Å². The highest BCUT2D eigenvalue weighted by molar-refractivity contribution is 6.30. The number of hydrogen-bond acceptors (Lipinski definition) is 3. The molecule has 2 aromatic carbocycles. The van der Waals surface area contributed by atoms with Gasteiger partial charge >= 0.3 is 0 Å². The van der Waals surface area contributed by atoms with Crippen molar-refractivity contribution in [3.8, 4) is 11.5 Å². The SMILES string of the molecule is Cl.O=C(NC1CCNCC1)c1ccc(Oc2cccc(Cl)c2)cc1. The first kappa shape index (κ1) is 18.6. The third-order valence-corrected chi connectivity index (χ3v) is 4.06. The molecule has 0 radical (unpaired) electrons. The standard InChI is InChI=1S/C18H19ClN2O2.ClH/c19-14-2-1-3-17(12-14)23-16-6-4-13(5-7-16)18(22)21-15-8-10-20-11-9-15;/h1-7,12,15,20H,8-11H2,(H,21,22);1H. The second-order valence-electron chi connectivity index (χ2n) is 5.58. The number of benzene rings is 2. The van der Waals surface area contributed by atoms with Gasteiger partial charge in [0, 0.05) is 16.6 Å². The molecule has 24 heavy (non-hydrogen) atoms. The Morgan fingerprint density at radius 3 is 2.46 bits per heavy atom. The van der Waals surface area contributed by atoms with Crippen LogP contribution >= 0.6 is 24.0 Å². The Kier molecular flexibility index (Phi) is 6.91. The van der Waals surface area contributed by atoms with E-state index in [0.717, 1.165) is 25.9 Å². The topological polar surface area (TPSA) is 50.4 Å². The van der Waals surface area contributed by atoms with Crippen LogP contribution in [0.5, 0.6) is 11.5 Å². The highest BCUT2D eigenvalue weighted by atomic mass is 35.5. The number of carbonyl (C=O) groups excluding carboxylic acids is 1. The highest BCUT2D eigenvalue weighted by Crippen LogP contribution is 2.24. The van der Waals surface area contributed by atoms with Crippen molar-refractivity contribution in [2.24, 2.45) is 0 Å². The van der Waals surface area contributed by atoms with E-state index < -0.39 is 0 Å². The Balaban J connectivity index is 0.00000208. The van der Waals surface area contributed by atoms with Gasteiger partial charge < -0.3 is 15.4 Å². The van der Waals surface area contributed by atoms with Gasteiger partial charge in [-0.05, 0) is 68.4 Å². The molecular formula is C18H20Cl2N2O2. The zero-order valence-electron chi connectivity index (χ0n) is 13.1. The van der Waals surface area contributed by atoms with Gasteiger partial charge in [-0.3, -0.25) is 4.79 Å². The molecule has 4 nitrogen and oxygen atoms in total. The molecule has 6 heteroatoms. The molecule has 3 rings (SSSR count). The predicted octanol–water partition coefficient (Wildman–Crippen LogP) is 4.04. The van der Waals surface area contributed by atoms with Gasteiger partial charge in [0.15, 0.2) is 0 Å². The van der Waals surface area contributed by atoms with E-state index in [1.54, 1.807) is 36.4 Å². The van der Waals surface area contributed by atoms with E-state index in [9.17, 15) is 4.79 Å². The fourth-order valence-corrected chi connectivity index (χ4v) is 2.76. The summed E-state index contributed by atoms with van der Waals surface area (Å²) in [6, 6.07) is 14.6. The Hall–Kier alpha value is -1.75. The molecule has 1 aliphatic heterocycles. The fourth-order valence-electron chi connectivity index (χ4n) is 2.58. The van der Waals surface area contributed by atoms with Crippen molar-refractivity contribution in [1.82, 2.24) is 10.6 Å². The largest absolute Gasteiger partial charge is 0.457 e. The van der Waals surface area contributed by atoms with Crippen LogP contribution in [0.4, 0.5) is 0 Å². The average Bonchev–Trinajstić information content (AvgIpc) is 2.56. The van der Waals surface area contributed by atoms with Gasteiger partial charge in [0.05, 0.1) is 0 Å². The van der Waals surface area contributed by atoms with Gasteiger partial charge in [-0.2, -0.15) is 0 Å². The molecule has 0 aliphatic carbocycles. The summed E-state index contributed by atoms with van der Waals surface area (Å²) in [5.74, 6) is 1.31. The maximum Gasteiger partial charge on any atom is 0.251 e. The molecular weight excluding hydrogens is 347 g/mol. The molecule has 0 bridgehead atoms. The van der Waals surface area contributed by atoms with E-state index >= 15 is 0 Å². The highest BCUT2D eigenvalue weighted by Gasteiger charge is 2.16. The maximum absolute atomic E-state index is 12.2. The third-order valence-electron chi connectivity index (χ3n) is 3.82. The second kappa shape index (κ2) is 8.92. The summed E-state index contributed by atoms with van der Waals surface area (Å²) < 4.78 is 5.72. The number of amides is 1. The molecule has 0 saturated carbocycles. The number of carbonyl (C=O) groups is 1. The van der Waals surface area contributed by atoms with Gasteiger partial charge in [-0.15, -0.1) is 12.4 Å². The lowest BCUT2D eigenvalue weighted by Crippen LogP contribution is -2.42. The fraction of sp³-hybridized carbons (Fsp3) is 0.278. The Bertz CT molecular complexity index is 671. The van der Waals surface area contributed by atoms with E-state index in [1.165, 1.54) is 0 Å². The molecule has 0 spiro atoms. The minimum absolute atomic E-state index is 0. The van der Waals surface area contributed by atoms with E-state index in [-0.39, 0.29) is 24.4 Å². The quantitative estimate of drug-likeness (QED) is 0.858. The van der Waals surface area contributed by atoms with Crippen molar-refractivity contribution in [2.45, 2.75) is 18.9 Å². The summed E-state index contributed by atoms with van der Waals surface area (Å²) in [6.45, 7) is 1.91. The number of piperidine rings is 1. The van der Waals surface area contributed by atoms with E-state index in [1.807, 2.05) is 12.1 Å². The summed E-state index contributed by atoms with van der Waals surface area (Å²) in [4.78, 5) is 12.2. The summed E-state index contributed by atoms with van der Waals surface area (Å²) in [5.41, 5.74) is 0.641. The van der Waals surface area contributed by atoms with Crippen LogP contribution in [-0.2, 0) is 0 Å². The molecule has 0 unspecified atom stereocenters. The second-order valence-corrected chi connectivity index (χ2v) is 6.02. The van der Waals surface area contributed by atoms with Crippen molar-refractivity contribution in [3.05, 3.63) is 59.1 Å². The van der Waals surface area contributed by atoms with E-state index in [2.05, 4.69) is 10.6 Å².